The van der Waals surface area contributed by atoms with Gasteiger partial charge in [0, 0.05) is 36.3 Å². The highest BCUT2D eigenvalue weighted by Crippen LogP contribution is 2.31. The fourth-order valence-electron chi connectivity index (χ4n) is 3.52. The fraction of sp³-hybridized carbons (Fsp3) is 0.421. The monoisotopic (exact) mass is 353 g/mol. The number of anilines is 1. The van der Waals surface area contributed by atoms with Gasteiger partial charge in [0.05, 0.1) is 13.7 Å². The van der Waals surface area contributed by atoms with Gasteiger partial charge in [-0.1, -0.05) is 12.1 Å². The van der Waals surface area contributed by atoms with Gasteiger partial charge in [-0.2, -0.15) is 5.10 Å². The first-order valence-electron chi connectivity index (χ1n) is 8.80. The summed E-state index contributed by atoms with van der Waals surface area (Å²) in [7, 11) is 3.34. The van der Waals surface area contributed by atoms with Crippen molar-refractivity contribution in [3.05, 3.63) is 41.6 Å². The molecule has 1 N–H and O–H groups in total. The number of aryl methyl sites for hydroxylation is 2. The third kappa shape index (κ3) is 3.10. The Balaban J connectivity index is 1.61. The van der Waals surface area contributed by atoms with Crippen LogP contribution in [0.2, 0.25) is 0 Å². The van der Waals surface area contributed by atoms with E-state index in [2.05, 4.69) is 32.5 Å². The second-order valence-electron chi connectivity index (χ2n) is 6.61. The summed E-state index contributed by atoms with van der Waals surface area (Å²) in [6.45, 7) is 3.25. The molecule has 2 aromatic heterocycles. The molecule has 4 rings (SSSR count). The van der Waals surface area contributed by atoms with Crippen molar-refractivity contribution in [2.75, 3.05) is 19.5 Å². The standard InChI is InChI=1S/C19H23N5O2/c1-12-9-15(14-5-4-6-16(26-3)19(14)20-12)21-13-7-8-18-22-17(11-25-2)23-24(18)10-13/h4-6,9,13H,7-8,10-11H2,1-3H3,(H,20,21). The molecule has 1 atom stereocenters. The molecule has 1 unspecified atom stereocenters. The van der Waals surface area contributed by atoms with Crippen molar-refractivity contribution in [2.24, 2.45) is 0 Å². The Bertz CT molecular complexity index is 937. The van der Waals surface area contributed by atoms with Crippen LogP contribution in [0, 0.1) is 6.92 Å². The highest BCUT2D eigenvalue weighted by atomic mass is 16.5. The van der Waals surface area contributed by atoms with Gasteiger partial charge in [0.15, 0.2) is 5.82 Å². The summed E-state index contributed by atoms with van der Waals surface area (Å²) in [4.78, 5) is 9.19. The molecule has 1 aliphatic heterocycles. The molecule has 7 heteroatoms. The topological polar surface area (TPSA) is 74.1 Å². The van der Waals surface area contributed by atoms with Crippen LogP contribution in [-0.4, -0.2) is 40.0 Å². The molecule has 0 saturated carbocycles. The maximum absolute atomic E-state index is 5.48. The molecule has 0 fully saturated rings. The smallest absolute Gasteiger partial charge is 0.176 e. The van der Waals surface area contributed by atoms with Crippen molar-refractivity contribution in [1.82, 2.24) is 19.7 Å². The molecule has 136 valence electrons. The summed E-state index contributed by atoms with van der Waals surface area (Å²) in [5.74, 6) is 2.58. The molecule has 3 aromatic rings. The van der Waals surface area contributed by atoms with E-state index in [-0.39, 0.29) is 6.04 Å². The van der Waals surface area contributed by atoms with Crippen LogP contribution in [0.15, 0.2) is 24.3 Å². The van der Waals surface area contributed by atoms with E-state index in [9.17, 15) is 0 Å². The van der Waals surface area contributed by atoms with Crippen LogP contribution in [0.4, 0.5) is 5.69 Å². The quantitative estimate of drug-likeness (QED) is 0.760. The van der Waals surface area contributed by atoms with Crippen LogP contribution in [0.5, 0.6) is 5.75 Å². The SMILES string of the molecule is COCc1nc2n(n1)CC(Nc1cc(C)nc3c(OC)cccc13)CC2. The van der Waals surface area contributed by atoms with Crippen LogP contribution >= 0.6 is 0 Å². The number of ether oxygens (including phenoxy) is 2. The second-order valence-corrected chi connectivity index (χ2v) is 6.61. The van der Waals surface area contributed by atoms with Gasteiger partial charge in [0.25, 0.3) is 0 Å². The maximum Gasteiger partial charge on any atom is 0.176 e. The zero-order valence-corrected chi connectivity index (χ0v) is 15.3. The summed E-state index contributed by atoms with van der Waals surface area (Å²) < 4.78 is 12.6. The van der Waals surface area contributed by atoms with E-state index >= 15 is 0 Å². The molecule has 0 bridgehead atoms. The van der Waals surface area contributed by atoms with Gasteiger partial charge >= 0.3 is 0 Å². The van der Waals surface area contributed by atoms with E-state index in [1.165, 1.54) is 0 Å². The number of nitrogens with zero attached hydrogens (tertiary/aromatic N) is 4. The molecule has 1 aliphatic rings. The molecule has 0 spiro atoms. The summed E-state index contributed by atoms with van der Waals surface area (Å²) >= 11 is 0. The lowest BCUT2D eigenvalue weighted by molar-refractivity contribution is 0.177. The highest BCUT2D eigenvalue weighted by Gasteiger charge is 2.22. The first kappa shape index (κ1) is 16.8. The number of rotatable bonds is 5. The summed E-state index contributed by atoms with van der Waals surface area (Å²) in [6.07, 6.45) is 1.91. The minimum absolute atomic E-state index is 0.288. The van der Waals surface area contributed by atoms with Gasteiger partial charge in [0.1, 0.15) is 23.7 Å². The molecule has 1 aromatic carbocycles. The Kier molecular flexibility index (Phi) is 4.46. The Morgan fingerprint density at radius 2 is 2.15 bits per heavy atom. The van der Waals surface area contributed by atoms with Crippen LogP contribution in [0.1, 0.15) is 23.8 Å². The van der Waals surface area contributed by atoms with Crippen molar-refractivity contribution >= 4 is 16.6 Å². The number of fused-ring (bicyclic) bond motifs is 2. The van der Waals surface area contributed by atoms with Crippen LogP contribution in [0.25, 0.3) is 10.9 Å². The molecular formula is C19H23N5O2. The van der Waals surface area contributed by atoms with Gasteiger partial charge in [-0.3, -0.25) is 0 Å². The van der Waals surface area contributed by atoms with E-state index in [4.69, 9.17) is 9.47 Å². The Labute approximate surface area is 152 Å². The lowest BCUT2D eigenvalue weighted by atomic mass is 10.1. The number of benzene rings is 1. The number of hydrogen-bond donors (Lipinski definition) is 1. The van der Waals surface area contributed by atoms with E-state index < -0.39 is 0 Å². The molecular weight excluding hydrogens is 330 g/mol. The van der Waals surface area contributed by atoms with E-state index in [0.717, 1.165) is 59.1 Å². The molecule has 26 heavy (non-hydrogen) atoms. The number of nitrogens with one attached hydrogen (secondary N) is 1. The predicted molar refractivity (Wildman–Crippen MR) is 99.5 cm³/mol. The summed E-state index contributed by atoms with van der Waals surface area (Å²) in [5.41, 5.74) is 2.93. The van der Waals surface area contributed by atoms with Crippen LogP contribution in [-0.2, 0) is 24.3 Å². The molecule has 0 saturated heterocycles. The zero-order chi connectivity index (χ0) is 18.1. The Morgan fingerprint density at radius 1 is 1.27 bits per heavy atom. The van der Waals surface area contributed by atoms with Crippen LogP contribution in [0.3, 0.4) is 0 Å². The van der Waals surface area contributed by atoms with Gasteiger partial charge < -0.3 is 14.8 Å². The maximum atomic E-state index is 5.48. The first-order chi connectivity index (χ1) is 12.7. The number of methoxy groups -OCH3 is 2. The second kappa shape index (κ2) is 6.92. The van der Waals surface area contributed by atoms with E-state index in [1.807, 2.05) is 23.7 Å². The largest absolute Gasteiger partial charge is 0.494 e. The first-order valence-corrected chi connectivity index (χ1v) is 8.80. The molecule has 7 nitrogen and oxygen atoms in total. The van der Waals surface area contributed by atoms with E-state index in [0.29, 0.717) is 6.61 Å². The van der Waals surface area contributed by atoms with Gasteiger partial charge in [-0.25, -0.2) is 14.6 Å². The summed E-state index contributed by atoms with van der Waals surface area (Å²) in [5, 5.41) is 9.30. The number of para-hydroxylation sites is 1. The third-order valence-corrected chi connectivity index (χ3v) is 4.69. The van der Waals surface area contributed by atoms with Gasteiger partial charge in [-0.15, -0.1) is 0 Å². The van der Waals surface area contributed by atoms with Gasteiger partial charge in [0.2, 0.25) is 0 Å². The van der Waals surface area contributed by atoms with Crippen molar-refractivity contribution in [3.63, 3.8) is 0 Å². The lowest BCUT2D eigenvalue weighted by Gasteiger charge is -2.25. The number of aromatic nitrogens is 4. The molecule has 0 amide bonds. The highest BCUT2D eigenvalue weighted by molar-refractivity contribution is 5.95. The lowest BCUT2D eigenvalue weighted by Crippen LogP contribution is -2.32. The van der Waals surface area contributed by atoms with Crippen molar-refractivity contribution < 1.29 is 9.47 Å². The molecule has 0 radical (unpaired) electrons. The minimum Gasteiger partial charge on any atom is -0.494 e. The summed E-state index contributed by atoms with van der Waals surface area (Å²) in [6, 6.07) is 8.40. The van der Waals surface area contributed by atoms with E-state index in [1.54, 1.807) is 14.2 Å². The average Bonchev–Trinajstić information content (AvgIpc) is 3.03. The third-order valence-electron chi connectivity index (χ3n) is 4.69. The average molecular weight is 353 g/mol. The number of hydrogen-bond acceptors (Lipinski definition) is 6. The minimum atomic E-state index is 0.288. The van der Waals surface area contributed by atoms with Crippen LogP contribution < -0.4 is 10.1 Å². The van der Waals surface area contributed by atoms with Gasteiger partial charge in [-0.05, 0) is 25.5 Å². The zero-order valence-electron chi connectivity index (χ0n) is 15.3. The Morgan fingerprint density at radius 3 is 2.96 bits per heavy atom. The normalized spacial score (nSPS) is 16.5. The van der Waals surface area contributed by atoms with Crippen molar-refractivity contribution in [1.29, 1.82) is 0 Å². The fourth-order valence-corrected chi connectivity index (χ4v) is 3.52. The molecule has 0 aliphatic carbocycles. The van der Waals surface area contributed by atoms with Crippen molar-refractivity contribution in [3.8, 4) is 5.75 Å². The Hall–Kier alpha value is -2.67. The van der Waals surface area contributed by atoms with Crippen molar-refractivity contribution in [2.45, 2.75) is 39.0 Å². The number of pyridine rings is 1. The predicted octanol–water partition coefficient (Wildman–Crippen LogP) is 2.72. The molecule has 3 heterocycles.